The molecule has 0 aliphatic heterocycles. The summed E-state index contributed by atoms with van der Waals surface area (Å²) in [6.45, 7) is 4.56. The van der Waals surface area contributed by atoms with Gasteiger partial charge in [0, 0.05) is 4.83 Å². The summed E-state index contributed by atoms with van der Waals surface area (Å²) in [6, 6.07) is 9.25. The quantitative estimate of drug-likeness (QED) is 0.663. The lowest BCUT2D eigenvalue weighted by atomic mass is 9.79. The van der Waals surface area contributed by atoms with Gasteiger partial charge >= 0.3 is 0 Å². The van der Waals surface area contributed by atoms with Gasteiger partial charge in [0.1, 0.15) is 0 Å². The van der Waals surface area contributed by atoms with E-state index in [0.29, 0.717) is 10.7 Å². The number of rotatable bonds is 4. The zero-order chi connectivity index (χ0) is 11.5. The van der Waals surface area contributed by atoms with E-state index in [4.69, 9.17) is 0 Å². The molecule has 1 aromatic rings. The van der Waals surface area contributed by atoms with Crippen LogP contribution >= 0.6 is 15.9 Å². The molecule has 88 valence electrons. The highest BCUT2D eigenvalue weighted by Crippen LogP contribution is 2.37. The fourth-order valence-corrected chi connectivity index (χ4v) is 3.05. The summed E-state index contributed by atoms with van der Waals surface area (Å²) in [5.74, 6) is 1.52. The average molecular weight is 281 g/mol. The minimum atomic E-state index is 0.606. The maximum absolute atomic E-state index is 3.64. The summed E-state index contributed by atoms with van der Waals surface area (Å²) in [5, 5.41) is 0. The van der Waals surface area contributed by atoms with Gasteiger partial charge in [-0.1, -0.05) is 60.5 Å². The first kappa shape index (κ1) is 12.2. The smallest absolute Gasteiger partial charge is 0.0123 e. The number of halogens is 1. The Morgan fingerprint density at radius 3 is 2.62 bits per heavy atom. The number of alkyl halides is 1. The molecule has 1 fully saturated rings. The first-order chi connectivity index (χ1) is 7.66. The highest BCUT2D eigenvalue weighted by atomic mass is 79.9. The van der Waals surface area contributed by atoms with Crippen LogP contribution in [0.5, 0.6) is 0 Å². The van der Waals surface area contributed by atoms with Gasteiger partial charge in [-0.3, -0.25) is 0 Å². The molecule has 2 unspecified atom stereocenters. The molecule has 2 rings (SSSR count). The van der Waals surface area contributed by atoms with E-state index in [0.717, 1.165) is 5.92 Å². The van der Waals surface area contributed by atoms with Crippen molar-refractivity contribution in [3.05, 3.63) is 35.4 Å². The fourth-order valence-electron chi connectivity index (χ4n) is 2.48. The number of benzene rings is 1. The van der Waals surface area contributed by atoms with Gasteiger partial charge in [-0.05, 0) is 42.2 Å². The van der Waals surface area contributed by atoms with Crippen LogP contribution in [0.15, 0.2) is 24.3 Å². The van der Waals surface area contributed by atoms with Gasteiger partial charge in [-0.2, -0.15) is 0 Å². The van der Waals surface area contributed by atoms with E-state index in [-0.39, 0.29) is 0 Å². The van der Waals surface area contributed by atoms with E-state index < -0.39 is 0 Å². The van der Waals surface area contributed by atoms with Gasteiger partial charge in [0.25, 0.3) is 0 Å². The highest BCUT2D eigenvalue weighted by molar-refractivity contribution is 9.09. The predicted molar refractivity (Wildman–Crippen MR) is 74.5 cm³/mol. The van der Waals surface area contributed by atoms with Crippen LogP contribution < -0.4 is 0 Å². The summed E-state index contributed by atoms with van der Waals surface area (Å²) in [6.07, 6.45) is 5.43. The first-order valence-corrected chi connectivity index (χ1v) is 7.32. The van der Waals surface area contributed by atoms with Crippen LogP contribution in [-0.4, -0.2) is 4.83 Å². The summed E-state index contributed by atoms with van der Waals surface area (Å²) >= 11 is 3.64. The largest absolute Gasteiger partial charge is 0.0893 e. The molecular formula is C15H21Br. The van der Waals surface area contributed by atoms with Crippen LogP contribution in [-0.2, 0) is 0 Å². The summed E-state index contributed by atoms with van der Waals surface area (Å²) in [4.78, 5) is 0.606. The summed E-state index contributed by atoms with van der Waals surface area (Å²) < 4.78 is 0. The van der Waals surface area contributed by atoms with Gasteiger partial charge in [-0.25, -0.2) is 0 Å². The van der Waals surface area contributed by atoms with Crippen LogP contribution in [0.2, 0.25) is 0 Å². The molecule has 0 saturated heterocycles. The number of hydrogen-bond donors (Lipinski definition) is 0. The zero-order valence-electron chi connectivity index (χ0n) is 10.2. The third-order valence-corrected chi connectivity index (χ3v) is 4.11. The topological polar surface area (TPSA) is 0 Å². The Balaban J connectivity index is 2.08. The molecule has 0 spiro atoms. The van der Waals surface area contributed by atoms with Crippen molar-refractivity contribution in [1.29, 1.82) is 0 Å². The minimum Gasteiger partial charge on any atom is -0.0893 e. The highest BCUT2D eigenvalue weighted by Gasteiger charge is 2.20. The second-order valence-electron chi connectivity index (χ2n) is 5.22. The maximum Gasteiger partial charge on any atom is 0.0123 e. The monoisotopic (exact) mass is 280 g/mol. The van der Waals surface area contributed by atoms with Gasteiger partial charge in [0.15, 0.2) is 0 Å². The lowest BCUT2D eigenvalue weighted by Gasteiger charge is -2.26. The van der Waals surface area contributed by atoms with E-state index in [2.05, 4.69) is 54.0 Å². The van der Waals surface area contributed by atoms with Gasteiger partial charge in [0.2, 0.25) is 0 Å². The molecule has 0 heterocycles. The van der Waals surface area contributed by atoms with Crippen molar-refractivity contribution in [3.63, 3.8) is 0 Å². The minimum absolute atomic E-state index is 0.606. The van der Waals surface area contributed by atoms with Crippen LogP contribution in [0.1, 0.15) is 62.5 Å². The molecule has 1 aliphatic carbocycles. The fraction of sp³-hybridized carbons (Fsp3) is 0.600. The molecule has 1 aliphatic rings. The molecule has 1 heteroatoms. The van der Waals surface area contributed by atoms with E-state index in [1.807, 2.05) is 0 Å². The lowest BCUT2D eigenvalue weighted by molar-refractivity contribution is 0.419. The van der Waals surface area contributed by atoms with Crippen molar-refractivity contribution in [3.8, 4) is 0 Å². The van der Waals surface area contributed by atoms with Crippen molar-refractivity contribution in [2.24, 2.45) is 0 Å². The Morgan fingerprint density at radius 2 is 2.06 bits per heavy atom. The zero-order valence-corrected chi connectivity index (χ0v) is 11.8. The van der Waals surface area contributed by atoms with E-state index >= 15 is 0 Å². The third-order valence-electron chi connectivity index (χ3n) is 3.73. The molecule has 0 aromatic heterocycles. The second-order valence-corrected chi connectivity index (χ2v) is 6.78. The molecule has 16 heavy (non-hydrogen) atoms. The van der Waals surface area contributed by atoms with Crippen LogP contribution in [0.4, 0.5) is 0 Å². The Labute approximate surface area is 108 Å². The van der Waals surface area contributed by atoms with E-state index in [9.17, 15) is 0 Å². The molecule has 0 amide bonds. The van der Waals surface area contributed by atoms with Gasteiger partial charge < -0.3 is 0 Å². The van der Waals surface area contributed by atoms with Crippen LogP contribution in [0.3, 0.4) is 0 Å². The maximum atomic E-state index is 3.64. The summed E-state index contributed by atoms with van der Waals surface area (Å²) in [5.41, 5.74) is 3.08. The molecule has 0 bridgehead atoms. The van der Waals surface area contributed by atoms with E-state index in [1.165, 1.54) is 31.2 Å². The molecule has 1 saturated carbocycles. The molecule has 1 aromatic carbocycles. The van der Waals surface area contributed by atoms with Crippen molar-refractivity contribution in [2.75, 3.05) is 0 Å². The molecule has 0 N–H and O–H groups in total. The Bertz CT molecular complexity index is 339. The Hall–Kier alpha value is -0.300. The van der Waals surface area contributed by atoms with Crippen LogP contribution in [0.25, 0.3) is 0 Å². The van der Waals surface area contributed by atoms with E-state index in [1.54, 1.807) is 5.56 Å². The second kappa shape index (κ2) is 5.35. The molecule has 0 nitrogen and oxygen atoms in total. The average Bonchev–Trinajstić information content (AvgIpc) is 2.14. The SMILES string of the molecule is CC(Br)CC(C)c1cccc(C2CCC2)c1. The van der Waals surface area contributed by atoms with Gasteiger partial charge in [0.05, 0.1) is 0 Å². The first-order valence-electron chi connectivity index (χ1n) is 6.40. The standard InChI is InChI=1S/C15H21Br/c1-11(9-12(2)16)14-7-4-8-15(10-14)13-5-3-6-13/h4,7-8,10-13H,3,5-6,9H2,1-2H3. The van der Waals surface area contributed by atoms with Crippen LogP contribution in [0, 0.1) is 0 Å². The lowest BCUT2D eigenvalue weighted by Crippen LogP contribution is -2.09. The number of hydrogen-bond acceptors (Lipinski definition) is 0. The third kappa shape index (κ3) is 2.88. The van der Waals surface area contributed by atoms with Crippen molar-refractivity contribution in [1.82, 2.24) is 0 Å². The van der Waals surface area contributed by atoms with Crippen molar-refractivity contribution < 1.29 is 0 Å². The normalized spacial score (nSPS) is 20.2. The Kier molecular flexibility index (Phi) is 4.07. The Morgan fingerprint density at radius 1 is 1.31 bits per heavy atom. The predicted octanol–water partition coefficient (Wildman–Crippen LogP) is 5.23. The summed E-state index contributed by atoms with van der Waals surface area (Å²) in [7, 11) is 0. The molecular weight excluding hydrogens is 260 g/mol. The van der Waals surface area contributed by atoms with Crippen molar-refractivity contribution >= 4 is 15.9 Å². The van der Waals surface area contributed by atoms with Gasteiger partial charge in [-0.15, -0.1) is 0 Å². The van der Waals surface area contributed by atoms with Crippen molar-refractivity contribution in [2.45, 2.75) is 56.2 Å². The molecule has 2 atom stereocenters. The molecule has 0 radical (unpaired) electrons.